The number of methoxy groups -OCH3 is 1. The molecule has 2 fully saturated rings. The van der Waals surface area contributed by atoms with Gasteiger partial charge in [0.1, 0.15) is 35.6 Å². The van der Waals surface area contributed by atoms with Crippen LogP contribution in [0.25, 0.3) is 0 Å². The van der Waals surface area contributed by atoms with Gasteiger partial charge in [0.2, 0.25) is 0 Å². The van der Waals surface area contributed by atoms with Crippen LogP contribution in [0.3, 0.4) is 0 Å². The van der Waals surface area contributed by atoms with Crippen LogP contribution in [0.15, 0.2) is 114 Å². The predicted octanol–water partition coefficient (Wildman–Crippen LogP) is 7.11. The Hall–Kier alpha value is -3.17. The van der Waals surface area contributed by atoms with Gasteiger partial charge in [-0.05, 0) is 42.3 Å². The largest absolute Gasteiger partial charge is 0.497 e. The van der Waals surface area contributed by atoms with Crippen LogP contribution in [0.2, 0.25) is 0 Å². The van der Waals surface area contributed by atoms with Gasteiger partial charge in [-0.3, -0.25) is 0 Å². The Morgan fingerprint density at radius 1 is 0.714 bits per heavy atom. The second-order valence-corrected chi connectivity index (χ2v) is 11.7. The summed E-state index contributed by atoms with van der Waals surface area (Å²) in [5.74, 6) is 0.807. The number of rotatable bonds is 10. The quantitative estimate of drug-likeness (QED) is 0.197. The van der Waals surface area contributed by atoms with Crippen LogP contribution in [0.4, 0.5) is 0 Å². The number of ether oxygens (including phenoxy) is 6. The summed E-state index contributed by atoms with van der Waals surface area (Å²) in [7, 11) is 1.67. The van der Waals surface area contributed by atoms with Crippen molar-refractivity contribution in [1.82, 2.24) is 0 Å². The molecule has 6 unspecified atom stereocenters. The number of hydrogen-bond donors (Lipinski definition) is 0. The molecule has 42 heavy (non-hydrogen) atoms. The fourth-order valence-electron chi connectivity index (χ4n) is 5.22. The van der Waals surface area contributed by atoms with Crippen molar-refractivity contribution in [2.45, 2.75) is 61.2 Å². The Morgan fingerprint density at radius 2 is 1.36 bits per heavy atom. The van der Waals surface area contributed by atoms with Gasteiger partial charge in [0, 0.05) is 10.5 Å². The standard InChI is InChI=1S/C35H36O6S/c1-24-13-19-29(20-14-24)42-35-33(38-21-25-9-5-3-6-10-25)32(37-22-26-15-17-28(36-2)18-16-26)31-30(40-35)23-39-34(41-31)27-11-7-4-8-12-27/h3-20,30-35H,21-23H2,1-2H3. The molecule has 0 saturated carbocycles. The van der Waals surface area contributed by atoms with E-state index < -0.39 is 24.6 Å². The van der Waals surface area contributed by atoms with Crippen molar-refractivity contribution in [2.75, 3.05) is 13.7 Å². The fourth-order valence-corrected chi connectivity index (χ4v) is 6.35. The van der Waals surface area contributed by atoms with Crippen LogP contribution in [-0.2, 0) is 36.9 Å². The molecule has 6 atom stereocenters. The SMILES string of the molecule is COc1ccc(COC2C3OC(c4ccccc4)OCC3OC(Sc3ccc(C)cc3)C2OCc2ccccc2)cc1. The first-order valence-electron chi connectivity index (χ1n) is 14.3. The van der Waals surface area contributed by atoms with Crippen molar-refractivity contribution in [1.29, 1.82) is 0 Å². The van der Waals surface area contributed by atoms with E-state index in [-0.39, 0.29) is 11.5 Å². The van der Waals surface area contributed by atoms with Crippen molar-refractivity contribution in [3.8, 4) is 5.75 Å². The highest BCUT2D eigenvalue weighted by molar-refractivity contribution is 7.99. The third kappa shape index (κ3) is 7.06. The highest BCUT2D eigenvalue weighted by Gasteiger charge is 2.51. The van der Waals surface area contributed by atoms with Crippen molar-refractivity contribution in [2.24, 2.45) is 0 Å². The maximum absolute atomic E-state index is 6.74. The predicted molar refractivity (Wildman–Crippen MR) is 162 cm³/mol. The van der Waals surface area contributed by atoms with E-state index in [4.69, 9.17) is 28.4 Å². The molecule has 2 aliphatic heterocycles. The minimum absolute atomic E-state index is 0.314. The molecule has 0 spiro atoms. The van der Waals surface area contributed by atoms with Gasteiger partial charge < -0.3 is 28.4 Å². The molecule has 2 aliphatic rings. The molecule has 2 heterocycles. The Bertz CT molecular complexity index is 1380. The summed E-state index contributed by atoms with van der Waals surface area (Å²) in [5.41, 5.74) is 3.96. The van der Waals surface area contributed by atoms with E-state index in [9.17, 15) is 0 Å². The fraction of sp³-hybridized carbons (Fsp3) is 0.314. The van der Waals surface area contributed by atoms with Crippen LogP contribution in [0.1, 0.15) is 28.5 Å². The highest BCUT2D eigenvalue weighted by atomic mass is 32.2. The van der Waals surface area contributed by atoms with E-state index in [1.165, 1.54) is 5.56 Å². The lowest BCUT2D eigenvalue weighted by atomic mass is 9.98. The van der Waals surface area contributed by atoms with Gasteiger partial charge >= 0.3 is 0 Å². The van der Waals surface area contributed by atoms with Crippen molar-refractivity contribution in [3.63, 3.8) is 0 Å². The Kier molecular flexibility index (Phi) is 9.55. The van der Waals surface area contributed by atoms with Crippen molar-refractivity contribution in [3.05, 3.63) is 131 Å². The van der Waals surface area contributed by atoms with E-state index in [0.29, 0.717) is 19.8 Å². The molecule has 0 amide bonds. The number of hydrogen-bond acceptors (Lipinski definition) is 7. The lowest BCUT2D eigenvalue weighted by molar-refractivity contribution is -0.329. The van der Waals surface area contributed by atoms with Crippen molar-refractivity contribution < 1.29 is 28.4 Å². The molecule has 4 aromatic rings. The van der Waals surface area contributed by atoms with Crippen LogP contribution in [-0.4, -0.2) is 43.6 Å². The summed E-state index contributed by atoms with van der Waals surface area (Å²) < 4.78 is 38.3. The molecule has 218 valence electrons. The molecule has 0 aromatic heterocycles. The lowest BCUT2D eigenvalue weighted by Gasteiger charge is -2.49. The summed E-state index contributed by atoms with van der Waals surface area (Å²) in [5, 5.41) is 0. The summed E-state index contributed by atoms with van der Waals surface area (Å²) in [4.78, 5) is 1.10. The average Bonchev–Trinajstić information content (AvgIpc) is 3.05. The number of fused-ring (bicyclic) bond motifs is 1. The minimum Gasteiger partial charge on any atom is -0.497 e. The number of benzene rings is 4. The van der Waals surface area contributed by atoms with E-state index in [0.717, 1.165) is 27.3 Å². The van der Waals surface area contributed by atoms with Crippen LogP contribution >= 0.6 is 11.8 Å². The molecule has 4 aromatic carbocycles. The normalized spacial score (nSPS) is 25.5. The molecular formula is C35H36O6S. The molecule has 2 saturated heterocycles. The van der Waals surface area contributed by atoms with Gasteiger partial charge in [0.25, 0.3) is 0 Å². The zero-order valence-corrected chi connectivity index (χ0v) is 24.7. The van der Waals surface area contributed by atoms with Gasteiger partial charge in [-0.2, -0.15) is 0 Å². The molecular weight excluding hydrogens is 548 g/mol. The van der Waals surface area contributed by atoms with Crippen LogP contribution in [0.5, 0.6) is 5.75 Å². The Morgan fingerprint density at radius 3 is 2.05 bits per heavy atom. The maximum Gasteiger partial charge on any atom is 0.184 e. The van der Waals surface area contributed by atoms with Crippen LogP contribution < -0.4 is 4.74 Å². The summed E-state index contributed by atoms with van der Waals surface area (Å²) >= 11 is 1.64. The van der Waals surface area contributed by atoms with E-state index >= 15 is 0 Å². The highest BCUT2D eigenvalue weighted by Crippen LogP contribution is 2.41. The van der Waals surface area contributed by atoms with Gasteiger partial charge in [-0.25, -0.2) is 0 Å². The van der Waals surface area contributed by atoms with Gasteiger partial charge in [-0.1, -0.05) is 102 Å². The lowest BCUT2D eigenvalue weighted by Crippen LogP contribution is -2.62. The molecule has 7 heteroatoms. The van der Waals surface area contributed by atoms with Gasteiger partial charge in [0.05, 0.1) is 26.9 Å². The van der Waals surface area contributed by atoms with Crippen LogP contribution in [0, 0.1) is 6.92 Å². The summed E-state index contributed by atoms with van der Waals surface area (Å²) in [6, 6.07) is 36.6. The third-order valence-corrected chi connectivity index (χ3v) is 8.67. The zero-order valence-electron chi connectivity index (χ0n) is 23.8. The summed E-state index contributed by atoms with van der Waals surface area (Å²) in [6.07, 6.45) is -2.04. The first-order chi connectivity index (χ1) is 20.7. The van der Waals surface area contributed by atoms with Gasteiger partial charge in [0.15, 0.2) is 6.29 Å². The van der Waals surface area contributed by atoms with E-state index in [1.54, 1.807) is 18.9 Å². The first-order valence-corrected chi connectivity index (χ1v) is 15.1. The second-order valence-electron chi connectivity index (χ2n) is 10.5. The van der Waals surface area contributed by atoms with Crippen molar-refractivity contribution >= 4 is 11.8 Å². The smallest absolute Gasteiger partial charge is 0.184 e. The van der Waals surface area contributed by atoms with E-state index in [1.807, 2.05) is 72.8 Å². The molecule has 0 bridgehead atoms. The maximum atomic E-state index is 6.74. The first kappa shape index (κ1) is 28.9. The topological polar surface area (TPSA) is 55.4 Å². The number of aryl methyl sites for hydroxylation is 1. The average molecular weight is 585 g/mol. The second kappa shape index (κ2) is 13.9. The Labute approximate surface area is 251 Å². The zero-order chi connectivity index (χ0) is 28.7. The number of thioether (sulfide) groups is 1. The van der Waals surface area contributed by atoms with Gasteiger partial charge in [-0.15, -0.1) is 0 Å². The molecule has 0 aliphatic carbocycles. The molecule has 6 nitrogen and oxygen atoms in total. The molecule has 0 radical (unpaired) electrons. The minimum atomic E-state index is -0.515. The monoisotopic (exact) mass is 584 g/mol. The Balaban J connectivity index is 1.30. The van der Waals surface area contributed by atoms with E-state index in [2.05, 4.69) is 43.3 Å². The third-order valence-electron chi connectivity index (χ3n) is 7.52. The molecule has 0 N–H and O–H groups in total. The molecule has 6 rings (SSSR count). The summed E-state index contributed by atoms with van der Waals surface area (Å²) in [6.45, 7) is 3.30.